The number of ether oxygens (including phenoxy) is 1. The van der Waals surface area contributed by atoms with Gasteiger partial charge in [0.1, 0.15) is 6.61 Å². The molecule has 2 N–H and O–H groups in total. The molecule has 0 saturated carbocycles. The molecular formula is C13H17F6IN4O. The molecule has 0 aliphatic heterocycles. The van der Waals surface area contributed by atoms with Crippen LogP contribution in [-0.4, -0.2) is 43.9 Å². The number of halogens is 7. The van der Waals surface area contributed by atoms with E-state index in [0.717, 1.165) is 12.1 Å². The average Bonchev–Trinajstić information content (AvgIpc) is 2.48. The van der Waals surface area contributed by atoms with Gasteiger partial charge in [-0.3, -0.25) is 4.99 Å². The summed E-state index contributed by atoms with van der Waals surface area (Å²) in [5, 5.41) is 5.17. The fraction of sp³-hybridized carbons (Fsp3) is 0.538. The summed E-state index contributed by atoms with van der Waals surface area (Å²) < 4.78 is 78.2. The maximum absolute atomic E-state index is 12.3. The van der Waals surface area contributed by atoms with Crippen LogP contribution >= 0.6 is 24.0 Å². The second-order valence-corrected chi connectivity index (χ2v) is 4.52. The normalized spacial score (nSPS) is 12.4. The Morgan fingerprint density at radius 2 is 1.76 bits per heavy atom. The molecule has 0 bridgehead atoms. The molecule has 1 aromatic rings. The van der Waals surface area contributed by atoms with Crippen LogP contribution in [0.4, 0.5) is 26.3 Å². The van der Waals surface area contributed by atoms with Gasteiger partial charge in [0.15, 0.2) is 5.96 Å². The molecule has 1 rings (SSSR count). The van der Waals surface area contributed by atoms with Gasteiger partial charge in [0, 0.05) is 25.9 Å². The molecule has 0 radical (unpaired) electrons. The number of nitrogens with zero attached hydrogens (tertiary/aromatic N) is 2. The third kappa shape index (κ3) is 10.2. The van der Waals surface area contributed by atoms with Crippen molar-refractivity contribution in [1.29, 1.82) is 0 Å². The summed E-state index contributed by atoms with van der Waals surface area (Å²) in [5.41, 5.74) is -0.887. The highest BCUT2D eigenvalue weighted by molar-refractivity contribution is 14.0. The van der Waals surface area contributed by atoms with Crippen molar-refractivity contribution >= 4 is 29.9 Å². The van der Waals surface area contributed by atoms with Crippen molar-refractivity contribution in [3.8, 4) is 5.88 Å². The first-order valence-electron chi connectivity index (χ1n) is 6.79. The third-order valence-corrected chi connectivity index (χ3v) is 2.63. The summed E-state index contributed by atoms with van der Waals surface area (Å²) in [4.78, 5) is 7.24. The number of alkyl halides is 6. The van der Waals surface area contributed by atoms with Crippen molar-refractivity contribution in [1.82, 2.24) is 15.6 Å². The van der Waals surface area contributed by atoms with Gasteiger partial charge in [0.05, 0.1) is 18.5 Å². The molecule has 12 heteroatoms. The van der Waals surface area contributed by atoms with E-state index in [-0.39, 0.29) is 55.5 Å². The standard InChI is InChI=1S/C13H16F6N4O.HI/c1-20-11(21-5-4-12(14,15)16)22-6-7-24-10-3-2-9(8-23-10)13(17,18)19;/h2-3,8H,4-7H2,1H3,(H2,20,21,22);1H. The predicted molar refractivity (Wildman–Crippen MR) is 90.2 cm³/mol. The van der Waals surface area contributed by atoms with Gasteiger partial charge in [-0.25, -0.2) is 4.98 Å². The third-order valence-electron chi connectivity index (χ3n) is 2.63. The summed E-state index contributed by atoms with van der Waals surface area (Å²) in [7, 11) is 1.39. The largest absolute Gasteiger partial charge is 0.476 e. The zero-order valence-electron chi connectivity index (χ0n) is 13.0. The number of hydrogen-bond acceptors (Lipinski definition) is 3. The van der Waals surface area contributed by atoms with Crippen molar-refractivity contribution in [2.24, 2.45) is 4.99 Å². The van der Waals surface area contributed by atoms with E-state index in [1.807, 2.05) is 0 Å². The Balaban J connectivity index is 0.00000576. The molecular weight excluding hydrogens is 469 g/mol. The van der Waals surface area contributed by atoms with E-state index in [1.54, 1.807) is 0 Å². The molecule has 0 aliphatic rings. The van der Waals surface area contributed by atoms with Gasteiger partial charge in [0.2, 0.25) is 5.88 Å². The minimum absolute atomic E-state index is 0. The lowest BCUT2D eigenvalue weighted by molar-refractivity contribution is -0.138. The van der Waals surface area contributed by atoms with E-state index >= 15 is 0 Å². The van der Waals surface area contributed by atoms with Crippen molar-refractivity contribution < 1.29 is 31.1 Å². The first kappa shape index (κ1) is 23.5. The molecule has 0 unspecified atom stereocenters. The number of guanidine groups is 1. The number of nitrogens with one attached hydrogen (secondary N) is 2. The smallest absolute Gasteiger partial charge is 0.417 e. The van der Waals surface area contributed by atoms with Gasteiger partial charge in [-0.05, 0) is 6.07 Å². The van der Waals surface area contributed by atoms with Crippen molar-refractivity contribution in [2.75, 3.05) is 26.7 Å². The summed E-state index contributed by atoms with van der Waals surface area (Å²) >= 11 is 0. The van der Waals surface area contributed by atoms with Gasteiger partial charge in [-0.2, -0.15) is 26.3 Å². The zero-order valence-corrected chi connectivity index (χ0v) is 15.4. The molecule has 0 saturated heterocycles. The van der Waals surface area contributed by atoms with Crippen LogP contribution in [0.15, 0.2) is 23.3 Å². The molecule has 25 heavy (non-hydrogen) atoms. The second-order valence-electron chi connectivity index (χ2n) is 4.52. The average molecular weight is 486 g/mol. The number of aliphatic imine (C=N–C) groups is 1. The van der Waals surface area contributed by atoms with Crippen LogP contribution in [0.1, 0.15) is 12.0 Å². The lowest BCUT2D eigenvalue weighted by atomic mass is 10.3. The molecule has 0 atom stereocenters. The van der Waals surface area contributed by atoms with Crippen LogP contribution in [0, 0.1) is 0 Å². The van der Waals surface area contributed by atoms with Crippen molar-refractivity contribution in [2.45, 2.75) is 18.8 Å². The molecule has 0 amide bonds. The van der Waals surface area contributed by atoms with Crippen LogP contribution in [0.3, 0.4) is 0 Å². The highest BCUT2D eigenvalue weighted by Gasteiger charge is 2.30. The molecule has 0 fully saturated rings. The fourth-order valence-corrected chi connectivity index (χ4v) is 1.50. The predicted octanol–water partition coefficient (Wildman–Crippen LogP) is 3.21. The minimum atomic E-state index is -4.47. The van der Waals surface area contributed by atoms with Crippen LogP contribution in [0.5, 0.6) is 5.88 Å². The van der Waals surface area contributed by atoms with E-state index < -0.39 is 24.3 Å². The van der Waals surface area contributed by atoms with Crippen LogP contribution in [-0.2, 0) is 6.18 Å². The van der Waals surface area contributed by atoms with Crippen LogP contribution in [0.2, 0.25) is 0 Å². The number of hydrogen-bond donors (Lipinski definition) is 2. The van der Waals surface area contributed by atoms with E-state index in [2.05, 4.69) is 20.6 Å². The first-order valence-corrected chi connectivity index (χ1v) is 6.79. The summed E-state index contributed by atoms with van der Waals surface area (Å²) in [6.45, 7) is -0.114. The number of pyridine rings is 1. The monoisotopic (exact) mass is 486 g/mol. The molecule has 1 aromatic heterocycles. The molecule has 0 aromatic carbocycles. The van der Waals surface area contributed by atoms with Gasteiger partial charge >= 0.3 is 12.4 Å². The van der Waals surface area contributed by atoms with Gasteiger partial charge in [0.25, 0.3) is 0 Å². The quantitative estimate of drug-likeness (QED) is 0.213. The summed E-state index contributed by atoms with van der Waals surface area (Å²) in [5.74, 6) is 0.160. The highest BCUT2D eigenvalue weighted by Crippen LogP contribution is 2.29. The maximum Gasteiger partial charge on any atom is 0.417 e. The Labute approximate surface area is 157 Å². The Morgan fingerprint density at radius 1 is 1.12 bits per heavy atom. The molecule has 0 spiro atoms. The Kier molecular flexibility index (Phi) is 9.89. The van der Waals surface area contributed by atoms with Crippen LogP contribution < -0.4 is 15.4 Å². The Morgan fingerprint density at radius 3 is 2.24 bits per heavy atom. The number of rotatable bonds is 6. The number of aromatic nitrogens is 1. The zero-order chi connectivity index (χ0) is 18.2. The van der Waals surface area contributed by atoms with Crippen LogP contribution in [0.25, 0.3) is 0 Å². The second kappa shape index (κ2) is 10.5. The first-order chi connectivity index (χ1) is 11.1. The van der Waals surface area contributed by atoms with Gasteiger partial charge in [-0.15, -0.1) is 24.0 Å². The topological polar surface area (TPSA) is 58.5 Å². The Bertz CT molecular complexity index is 533. The lowest BCUT2D eigenvalue weighted by Gasteiger charge is -2.13. The summed E-state index contributed by atoms with van der Waals surface area (Å²) in [6, 6.07) is 1.92. The van der Waals surface area contributed by atoms with E-state index in [4.69, 9.17) is 4.74 Å². The van der Waals surface area contributed by atoms with Gasteiger partial charge in [-0.1, -0.05) is 0 Å². The molecule has 1 heterocycles. The lowest BCUT2D eigenvalue weighted by Crippen LogP contribution is -2.40. The van der Waals surface area contributed by atoms with E-state index in [0.29, 0.717) is 6.20 Å². The molecule has 0 aliphatic carbocycles. The maximum atomic E-state index is 12.3. The van der Waals surface area contributed by atoms with E-state index in [1.165, 1.54) is 7.05 Å². The Hall–Kier alpha value is -1.47. The summed E-state index contributed by atoms with van der Waals surface area (Å²) in [6.07, 6.45) is -9.08. The highest BCUT2D eigenvalue weighted by atomic mass is 127. The van der Waals surface area contributed by atoms with Crippen molar-refractivity contribution in [3.63, 3.8) is 0 Å². The van der Waals surface area contributed by atoms with Crippen molar-refractivity contribution in [3.05, 3.63) is 23.9 Å². The molecule has 5 nitrogen and oxygen atoms in total. The molecule has 144 valence electrons. The fourth-order valence-electron chi connectivity index (χ4n) is 1.50. The minimum Gasteiger partial charge on any atom is -0.476 e. The van der Waals surface area contributed by atoms with Gasteiger partial charge < -0.3 is 15.4 Å². The SMILES string of the molecule is CN=C(NCCOc1ccc(C(F)(F)F)cn1)NCCC(F)(F)F.I. The van der Waals surface area contributed by atoms with E-state index in [9.17, 15) is 26.3 Å².